The molecule has 0 fully saturated rings. The molecule has 0 atom stereocenters. The Bertz CT molecular complexity index is 2110. The van der Waals surface area contributed by atoms with Gasteiger partial charge in [-0.15, -0.1) is 0 Å². The molecular formula is C59H57ClP4RuSi. The van der Waals surface area contributed by atoms with E-state index in [0.29, 0.717) is 0 Å². The standard InChI is InChI=1S/2C26H24P2.C7H9Si.ClH.Ru/c2*1-5-13-23(14-6-1)27(24-15-7-2-8-16-24)21-22-28(25-17-9-3-10-18-25)26-19-11-4-12-20-26;1-5-6-7-8(2,3)4;;/h2*1-20H,21-22H2;2-4H3;1H;/q;;-1;;+2/p-1. The van der Waals surface area contributed by atoms with Crippen LogP contribution < -0.4 is 42.4 Å². The molecule has 0 spiro atoms. The quantitative estimate of drug-likeness (QED) is 0.0441. The van der Waals surface area contributed by atoms with Crippen LogP contribution in [0.4, 0.5) is 0 Å². The third kappa shape index (κ3) is 18.1. The van der Waals surface area contributed by atoms with Crippen molar-refractivity contribution >= 4 is 91.9 Å². The Morgan fingerprint density at radius 3 is 0.591 bits per heavy atom. The van der Waals surface area contributed by atoms with Crippen molar-refractivity contribution in [1.29, 1.82) is 0 Å². The number of benzene rings is 8. The first-order chi connectivity index (χ1) is 32.4. The van der Waals surface area contributed by atoms with Crippen molar-refractivity contribution in [2.24, 2.45) is 0 Å². The Labute approximate surface area is 416 Å². The molecule has 0 bridgehead atoms. The van der Waals surface area contributed by atoms with Gasteiger partial charge in [0.1, 0.15) is 8.07 Å². The zero-order valence-electron chi connectivity index (χ0n) is 37.9. The van der Waals surface area contributed by atoms with Crippen molar-refractivity contribution in [2.45, 2.75) is 19.6 Å². The number of halogens is 1. The van der Waals surface area contributed by atoms with Crippen LogP contribution in [-0.2, 0) is 17.3 Å². The molecule has 8 aromatic rings. The van der Waals surface area contributed by atoms with Crippen molar-refractivity contribution in [3.8, 4) is 17.4 Å². The van der Waals surface area contributed by atoms with Gasteiger partial charge in [0.25, 0.3) is 0 Å². The minimum Gasteiger partial charge on any atom is -0.0622 e. The summed E-state index contributed by atoms with van der Waals surface area (Å²) in [5.74, 6) is 4.56. The van der Waals surface area contributed by atoms with E-state index in [1.165, 1.54) is 67.1 Å². The Morgan fingerprint density at radius 2 is 0.485 bits per heavy atom. The van der Waals surface area contributed by atoms with Crippen LogP contribution in [0.3, 0.4) is 0 Å². The third-order valence-corrected chi connectivity index (χ3v) is 21.8. The largest absolute Gasteiger partial charge is 0.0622 e. The van der Waals surface area contributed by atoms with Gasteiger partial charge in [-0.3, -0.25) is 11.8 Å². The van der Waals surface area contributed by atoms with E-state index in [1.807, 2.05) is 23.2 Å². The minimum atomic E-state index is -1.22. The maximum Gasteiger partial charge on any atom is -0.0195 e. The molecule has 0 heterocycles. The third-order valence-electron chi connectivity index (χ3n) is 10.1. The van der Waals surface area contributed by atoms with Crippen molar-refractivity contribution in [1.82, 2.24) is 0 Å². The van der Waals surface area contributed by atoms with Crippen molar-refractivity contribution in [3.63, 3.8) is 0 Å². The summed E-state index contributed by atoms with van der Waals surface area (Å²) < 4.78 is 0. The summed E-state index contributed by atoms with van der Waals surface area (Å²) in [4.78, 5) is 0. The van der Waals surface area contributed by atoms with Crippen LogP contribution in [0.5, 0.6) is 0 Å². The predicted molar refractivity (Wildman–Crippen MR) is 300 cm³/mol. The van der Waals surface area contributed by atoms with Gasteiger partial charge in [0, 0.05) is 0 Å². The summed E-state index contributed by atoms with van der Waals surface area (Å²) in [5.41, 5.74) is 2.96. The van der Waals surface area contributed by atoms with Crippen LogP contribution in [0, 0.1) is 23.8 Å². The second-order valence-electron chi connectivity index (χ2n) is 15.9. The van der Waals surface area contributed by atoms with Gasteiger partial charge >= 0.3 is 27.0 Å². The normalized spacial score (nSPS) is 10.5. The summed E-state index contributed by atoms with van der Waals surface area (Å²) >= 11 is 1.82. The summed E-state index contributed by atoms with van der Waals surface area (Å²) in [7, 11) is 1.96. The number of hydrogen-bond acceptors (Lipinski definition) is 0. The molecule has 0 saturated heterocycles. The van der Waals surface area contributed by atoms with Gasteiger partial charge < -0.3 is 6.42 Å². The van der Waals surface area contributed by atoms with Crippen LogP contribution >= 0.6 is 41.4 Å². The second-order valence-corrected chi connectivity index (χ2v) is 30.0. The minimum absolute atomic E-state index is 0.348. The summed E-state index contributed by atoms with van der Waals surface area (Å²) in [6.45, 7) is 6.41. The number of hydrogen-bond donors (Lipinski definition) is 0. The van der Waals surface area contributed by atoms with E-state index >= 15 is 0 Å². The van der Waals surface area contributed by atoms with E-state index in [9.17, 15) is 0 Å². The zero-order chi connectivity index (χ0) is 46.7. The van der Waals surface area contributed by atoms with Crippen molar-refractivity contribution in [3.05, 3.63) is 249 Å². The van der Waals surface area contributed by atoms with E-state index < -0.39 is 8.07 Å². The molecule has 0 nitrogen and oxygen atoms in total. The molecule has 0 radical (unpaired) electrons. The fraction of sp³-hybridized carbons (Fsp3) is 0.119. The molecule has 0 N–H and O–H groups in total. The van der Waals surface area contributed by atoms with Crippen LogP contribution in [0.2, 0.25) is 19.6 Å². The van der Waals surface area contributed by atoms with Crippen LogP contribution in [0.25, 0.3) is 0 Å². The fourth-order valence-electron chi connectivity index (χ4n) is 7.11. The van der Waals surface area contributed by atoms with Gasteiger partial charge in [-0.05, 0) is 98.8 Å². The van der Waals surface area contributed by atoms with Crippen LogP contribution in [-0.4, -0.2) is 32.7 Å². The molecule has 7 heteroatoms. The topological polar surface area (TPSA) is 0 Å². The average molecular weight is 1050 g/mol. The van der Waals surface area contributed by atoms with E-state index in [1.54, 1.807) is 0 Å². The summed E-state index contributed by atoms with van der Waals surface area (Å²) in [6.07, 6.45) is 11.3. The molecule has 0 unspecified atom stereocenters. The van der Waals surface area contributed by atoms with Crippen LogP contribution in [0.1, 0.15) is 0 Å². The average Bonchev–Trinajstić information content (AvgIpc) is 3.39. The summed E-state index contributed by atoms with van der Waals surface area (Å²) in [6, 6.07) is 88.4. The molecule has 0 aromatic heterocycles. The molecule has 0 aliphatic heterocycles. The van der Waals surface area contributed by atoms with Crippen molar-refractivity contribution < 1.29 is 17.3 Å². The molecule has 8 aromatic carbocycles. The van der Waals surface area contributed by atoms with Gasteiger partial charge in [-0.25, -0.2) is 5.54 Å². The molecule has 8 rings (SSSR count). The SMILES string of the molecule is [C-]#CC#C[Si](C)(C)C.[Cl][Ru+].c1ccc(P(CCP(c2ccccc2)c2ccccc2)c2ccccc2)cc1.c1ccc(P(CCP(c2ccccc2)c2ccccc2)c2ccccc2)cc1. The van der Waals surface area contributed by atoms with Gasteiger partial charge in [-0.1, -0.05) is 262 Å². The molecule has 0 aliphatic carbocycles. The molecule has 0 aliphatic rings. The van der Waals surface area contributed by atoms with Gasteiger partial charge in [0.05, 0.1) is 0 Å². The molecule has 0 amide bonds. The molecule has 0 saturated carbocycles. The first kappa shape index (κ1) is 52.7. The Balaban J connectivity index is 0.000000206. The number of rotatable bonds is 14. The van der Waals surface area contributed by atoms with E-state index in [0.717, 1.165) is 0 Å². The maximum atomic E-state index is 6.48. The Kier molecular flexibility index (Phi) is 24.1. The maximum absolute atomic E-state index is 6.48. The van der Waals surface area contributed by atoms with Gasteiger partial charge in [0.2, 0.25) is 0 Å². The summed E-state index contributed by atoms with van der Waals surface area (Å²) in [5, 5.41) is 11.8. The predicted octanol–water partition coefficient (Wildman–Crippen LogP) is 12.6. The van der Waals surface area contributed by atoms with E-state index in [2.05, 4.69) is 283 Å². The molecular weight excluding hydrogens is 997 g/mol. The van der Waals surface area contributed by atoms with E-state index in [4.69, 9.17) is 6.42 Å². The second kappa shape index (κ2) is 30.2. The van der Waals surface area contributed by atoms with Gasteiger partial charge in [-0.2, -0.15) is 0 Å². The Morgan fingerprint density at radius 1 is 0.333 bits per heavy atom. The van der Waals surface area contributed by atoms with E-state index in [-0.39, 0.29) is 31.7 Å². The smallest absolute Gasteiger partial charge is 0.0195 e. The van der Waals surface area contributed by atoms with Crippen LogP contribution in [0.15, 0.2) is 243 Å². The monoisotopic (exact) mass is 1050 g/mol. The molecule has 66 heavy (non-hydrogen) atoms. The van der Waals surface area contributed by atoms with Gasteiger partial charge in [0.15, 0.2) is 0 Å². The first-order valence-corrected chi connectivity index (χ1v) is 33.8. The van der Waals surface area contributed by atoms with Crippen molar-refractivity contribution in [2.75, 3.05) is 24.6 Å². The Hall–Kier alpha value is -4.27. The first-order valence-electron chi connectivity index (χ1n) is 22.0. The zero-order valence-corrected chi connectivity index (χ0v) is 45.0. The molecule has 332 valence electrons. The fourth-order valence-corrected chi connectivity index (χ4v) is 18.3.